The number of nitrogens with zero attached hydrogens (tertiary/aromatic N) is 1. The van der Waals surface area contributed by atoms with Gasteiger partial charge < -0.3 is 4.90 Å². The lowest BCUT2D eigenvalue weighted by Crippen LogP contribution is -2.25. The first kappa shape index (κ1) is 10.9. The van der Waals surface area contributed by atoms with Crippen LogP contribution in [0, 0.1) is 12.3 Å². The second-order valence-corrected chi connectivity index (χ2v) is 3.39. The number of thioether (sulfide) groups is 1. The van der Waals surface area contributed by atoms with E-state index in [0.717, 1.165) is 24.6 Å². The van der Waals surface area contributed by atoms with Gasteiger partial charge in [0.15, 0.2) is 0 Å². The maximum atomic E-state index is 5.13. The van der Waals surface area contributed by atoms with Crippen molar-refractivity contribution < 1.29 is 0 Å². The summed E-state index contributed by atoms with van der Waals surface area (Å²) < 4.78 is 0. The van der Waals surface area contributed by atoms with Gasteiger partial charge >= 0.3 is 0 Å². The summed E-state index contributed by atoms with van der Waals surface area (Å²) in [6.07, 6.45) is 5.13. The zero-order chi connectivity index (χ0) is 8.53. The van der Waals surface area contributed by atoms with Crippen LogP contribution in [0.25, 0.3) is 0 Å². The Hall–Kier alpha value is -0.130. The summed E-state index contributed by atoms with van der Waals surface area (Å²) in [5.41, 5.74) is 0. The first-order valence-corrected chi connectivity index (χ1v) is 5.24. The van der Waals surface area contributed by atoms with Gasteiger partial charge in [0.1, 0.15) is 0 Å². The molecule has 0 aliphatic carbocycles. The highest BCUT2D eigenvalue weighted by molar-refractivity contribution is 7.99. The molecule has 11 heavy (non-hydrogen) atoms. The van der Waals surface area contributed by atoms with E-state index < -0.39 is 0 Å². The highest BCUT2D eigenvalue weighted by Crippen LogP contribution is 1.99. The van der Waals surface area contributed by atoms with Gasteiger partial charge in [0.25, 0.3) is 0 Å². The van der Waals surface area contributed by atoms with Crippen molar-refractivity contribution in [2.75, 3.05) is 31.1 Å². The Morgan fingerprint density at radius 1 is 1.36 bits per heavy atom. The lowest BCUT2D eigenvalue weighted by atomic mass is 10.5. The van der Waals surface area contributed by atoms with Crippen LogP contribution in [0.1, 0.15) is 13.8 Å². The van der Waals surface area contributed by atoms with E-state index in [2.05, 4.69) is 24.7 Å². The minimum Gasteiger partial charge on any atom is -0.303 e. The van der Waals surface area contributed by atoms with Gasteiger partial charge in [0.05, 0.1) is 5.75 Å². The van der Waals surface area contributed by atoms with Gasteiger partial charge in [-0.2, -0.15) is 0 Å². The highest BCUT2D eigenvalue weighted by atomic mass is 32.2. The zero-order valence-corrected chi connectivity index (χ0v) is 8.28. The second kappa shape index (κ2) is 7.97. The van der Waals surface area contributed by atoms with Crippen LogP contribution in [0.5, 0.6) is 0 Å². The molecule has 0 N–H and O–H groups in total. The summed E-state index contributed by atoms with van der Waals surface area (Å²) >= 11 is 1.83. The molecule has 2 heteroatoms. The Bertz CT molecular complexity index is 113. The van der Waals surface area contributed by atoms with E-state index in [4.69, 9.17) is 6.42 Å². The fourth-order valence-corrected chi connectivity index (χ4v) is 1.51. The first-order valence-electron chi connectivity index (χ1n) is 4.08. The first-order chi connectivity index (χ1) is 5.35. The van der Waals surface area contributed by atoms with Gasteiger partial charge in [-0.1, -0.05) is 19.8 Å². The van der Waals surface area contributed by atoms with Crippen molar-refractivity contribution >= 4 is 11.8 Å². The molecule has 0 aromatic carbocycles. The predicted octanol–water partition coefficient (Wildman–Crippen LogP) is 1.69. The largest absolute Gasteiger partial charge is 0.303 e. The van der Waals surface area contributed by atoms with E-state index >= 15 is 0 Å². The lowest BCUT2D eigenvalue weighted by Gasteiger charge is -2.16. The summed E-state index contributed by atoms with van der Waals surface area (Å²) in [7, 11) is 0. The van der Waals surface area contributed by atoms with E-state index in [1.165, 1.54) is 6.54 Å². The van der Waals surface area contributed by atoms with Gasteiger partial charge in [0, 0.05) is 12.3 Å². The summed E-state index contributed by atoms with van der Waals surface area (Å²) in [5.74, 6) is 4.63. The van der Waals surface area contributed by atoms with E-state index in [-0.39, 0.29) is 0 Å². The quantitative estimate of drug-likeness (QED) is 0.442. The summed E-state index contributed by atoms with van der Waals surface area (Å²) in [5, 5.41) is 0. The average molecular weight is 171 g/mol. The molecule has 0 atom stereocenters. The molecule has 0 unspecified atom stereocenters. The Kier molecular flexibility index (Phi) is 7.88. The Labute approximate surface area is 74.5 Å². The lowest BCUT2D eigenvalue weighted by molar-refractivity contribution is 0.324. The van der Waals surface area contributed by atoms with Crippen LogP contribution in [-0.4, -0.2) is 36.0 Å². The molecule has 0 fully saturated rings. The Morgan fingerprint density at radius 3 is 2.45 bits per heavy atom. The summed E-state index contributed by atoms with van der Waals surface area (Å²) in [6.45, 7) is 7.84. The number of hydrogen-bond acceptors (Lipinski definition) is 2. The van der Waals surface area contributed by atoms with Crippen molar-refractivity contribution in [3.63, 3.8) is 0 Å². The van der Waals surface area contributed by atoms with Gasteiger partial charge in [-0.15, -0.1) is 18.2 Å². The van der Waals surface area contributed by atoms with Crippen LogP contribution in [-0.2, 0) is 0 Å². The molecule has 0 bridgehead atoms. The van der Waals surface area contributed by atoms with Gasteiger partial charge in [0.2, 0.25) is 0 Å². The second-order valence-electron chi connectivity index (χ2n) is 2.28. The third kappa shape index (κ3) is 6.28. The fraction of sp³-hybridized carbons (Fsp3) is 0.778. The molecule has 0 aromatic rings. The molecular formula is C9H17NS. The van der Waals surface area contributed by atoms with E-state index in [0.29, 0.717) is 0 Å². The van der Waals surface area contributed by atoms with Crippen LogP contribution in [0.4, 0.5) is 0 Å². The molecule has 0 heterocycles. The number of hydrogen-bond donors (Lipinski definition) is 0. The third-order valence-electron chi connectivity index (χ3n) is 1.63. The third-order valence-corrected chi connectivity index (χ3v) is 2.47. The SMILES string of the molecule is C#CCSCCN(CC)CC. The van der Waals surface area contributed by atoms with Crippen LogP contribution >= 0.6 is 11.8 Å². The van der Waals surface area contributed by atoms with Crippen LogP contribution in [0.2, 0.25) is 0 Å². The van der Waals surface area contributed by atoms with Crippen molar-refractivity contribution in [1.82, 2.24) is 4.90 Å². The predicted molar refractivity (Wildman–Crippen MR) is 53.9 cm³/mol. The summed E-state index contributed by atoms with van der Waals surface area (Å²) in [4.78, 5) is 2.41. The van der Waals surface area contributed by atoms with Crippen molar-refractivity contribution in [2.24, 2.45) is 0 Å². The van der Waals surface area contributed by atoms with Crippen LogP contribution in [0.3, 0.4) is 0 Å². The highest BCUT2D eigenvalue weighted by Gasteiger charge is 1.96. The molecule has 64 valence electrons. The number of rotatable bonds is 6. The maximum absolute atomic E-state index is 5.13. The molecule has 0 rings (SSSR count). The Morgan fingerprint density at radius 2 is 2.00 bits per heavy atom. The molecule has 0 radical (unpaired) electrons. The van der Waals surface area contributed by atoms with Crippen molar-refractivity contribution in [3.8, 4) is 12.3 Å². The zero-order valence-electron chi connectivity index (χ0n) is 7.47. The topological polar surface area (TPSA) is 3.24 Å². The molecule has 1 nitrogen and oxygen atoms in total. The van der Waals surface area contributed by atoms with E-state index in [1.807, 2.05) is 11.8 Å². The van der Waals surface area contributed by atoms with Crippen LogP contribution < -0.4 is 0 Å². The van der Waals surface area contributed by atoms with Gasteiger partial charge in [-0.25, -0.2) is 0 Å². The summed E-state index contributed by atoms with van der Waals surface area (Å²) in [6, 6.07) is 0. The minimum absolute atomic E-state index is 0.848. The van der Waals surface area contributed by atoms with E-state index in [9.17, 15) is 0 Å². The van der Waals surface area contributed by atoms with Gasteiger partial charge in [-0.05, 0) is 13.1 Å². The average Bonchev–Trinajstić information content (AvgIpc) is 2.05. The molecule has 0 aromatic heterocycles. The van der Waals surface area contributed by atoms with Crippen molar-refractivity contribution in [2.45, 2.75) is 13.8 Å². The molecule has 0 saturated heterocycles. The molecule has 0 aliphatic heterocycles. The Balaban J connectivity index is 3.16. The standard InChI is InChI=1S/C9H17NS/c1-4-8-11-9-7-10(5-2)6-3/h1H,5-9H2,2-3H3. The monoisotopic (exact) mass is 171 g/mol. The van der Waals surface area contributed by atoms with Gasteiger partial charge in [-0.3, -0.25) is 0 Å². The molecule has 0 amide bonds. The maximum Gasteiger partial charge on any atom is 0.0545 e. The fourth-order valence-electron chi connectivity index (χ4n) is 0.865. The number of terminal acetylenes is 1. The molecular weight excluding hydrogens is 154 g/mol. The molecule has 0 saturated carbocycles. The van der Waals surface area contributed by atoms with Crippen LogP contribution in [0.15, 0.2) is 0 Å². The van der Waals surface area contributed by atoms with E-state index in [1.54, 1.807) is 0 Å². The molecule has 0 spiro atoms. The van der Waals surface area contributed by atoms with Crippen molar-refractivity contribution in [3.05, 3.63) is 0 Å². The smallest absolute Gasteiger partial charge is 0.0545 e. The molecule has 0 aliphatic rings. The normalized spacial score (nSPS) is 10.0. The van der Waals surface area contributed by atoms with Crippen molar-refractivity contribution in [1.29, 1.82) is 0 Å². The minimum atomic E-state index is 0.848.